The number of aromatic nitrogens is 1. The fourth-order valence-corrected chi connectivity index (χ4v) is 1.20. The molecule has 0 radical (unpaired) electrons. The van der Waals surface area contributed by atoms with Crippen LogP contribution in [0, 0.1) is 0 Å². The molecule has 0 aliphatic rings. The Balaban J connectivity index is 2.55. The molecule has 3 nitrogen and oxygen atoms in total. The molecule has 3 N–H and O–H groups in total. The number of nitrogens with two attached hydrogens (primary N) is 1. The lowest BCUT2D eigenvalue weighted by Gasteiger charge is -2.19. The molecule has 0 spiro atoms. The van der Waals surface area contributed by atoms with E-state index in [9.17, 15) is 0 Å². The van der Waals surface area contributed by atoms with Crippen molar-refractivity contribution in [3.63, 3.8) is 0 Å². The van der Waals surface area contributed by atoms with Crippen LogP contribution in [0.25, 0.3) is 0 Å². The third-order valence-corrected chi connectivity index (χ3v) is 1.89. The molecule has 72 valence electrons. The Morgan fingerprint density at radius 1 is 1.54 bits per heavy atom. The Hall–Kier alpha value is -0.610. The van der Waals surface area contributed by atoms with Crippen LogP contribution in [0.15, 0.2) is 22.9 Å². The molecule has 1 heterocycles. The van der Waals surface area contributed by atoms with Crippen molar-refractivity contribution in [2.24, 2.45) is 5.73 Å². The highest BCUT2D eigenvalue weighted by atomic mass is 79.9. The summed E-state index contributed by atoms with van der Waals surface area (Å²) in [4.78, 5) is 4.03. The van der Waals surface area contributed by atoms with Crippen molar-refractivity contribution >= 4 is 21.6 Å². The van der Waals surface area contributed by atoms with Gasteiger partial charge in [0.05, 0.1) is 11.9 Å². The summed E-state index contributed by atoms with van der Waals surface area (Å²) in [6, 6.07) is 1.97. The minimum atomic E-state index is -0.206. The van der Waals surface area contributed by atoms with E-state index in [0.29, 0.717) is 0 Å². The lowest BCUT2D eigenvalue weighted by molar-refractivity contribution is 0.549. The summed E-state index contributed by atoms with van der Waals surface area (Å²) in [5.74, 6) is 0. The summed E-state index contributed by atoms with van der Waals surface area (Å²) in [7, 11) is 0. The van der Waals surface area contributed by atoms with Crippen LogP contribution in [-0.4, -0.2) is 17.1 Å². The molecule has 4 heteroatoms. The third-order valence-electron chi connectivity index (χ3n) is 1.45. The maximum Gasteiger partial charge on any atom is 0.0538 e. The van der Waals surface area contributed by atoms with Crippen molar-refractivity contribution in [1.82, 2.24) is 4.98 Å². The second-order valence-corrected chi connectivity index (χ2v) is 4.65. The summed E-state index contributed by atoms with van der Waals surface area (Å²) in [6.45, 7) is 4.68. The van der Waals surface area contributed by atoms with E-state index < -0.39 is 0 Å². The van der Waals surface area contributed by atoms with Crippen LogP contribution in [0.5, 0.6) is 0 Å². The van der Waals surface area contributed by atoms with Gasteiger partial charge < -0.3 is 11.1 Å². The molecule has 0 bridgehead atoms. The van der Waals surface area contributed by atoms with Gasteiger partial charge in [0, 0.05) is 22.8 Å². The molecule has 0 fully saturated rings. The van der Waals surface area contributed by atoms with Crippen molar-refractivity contribution in [3.05, 3.63) is 22.9 Å². The highest BCUT2D eigenvalue weighted by molar-refractivity contribution is 9.10. The zero-order valence-corrected chi connectivity index (χ0v) is 9.43. The van der Waals surface area contributed by atoms with Crippen LogP contribution >= 0.6 is 15.9 Å². The van der Waals surface area contributed by atoms with E-state index in [4.69, 9.17) is 5.73 Å². The Labute approximate surface area is 86.9 Å². The molecule has 0 unspecified atom stereocenters. The zero-order valence-electron chi connectivity index (χ0n) is 7.84. The number of anilines is 1. The number of nitrogens with one attached hydrogen (secondary N) is 1. The second kappa shape index (κ2) is 4.07. The zero-order chi connectivity index (χ0) is 9.90. The number of halogens is 1. The number of rotatable bonds is 3. The Bertz CT molecular complexity index is 280. The smallest absolute Gasteiger partial charge is 0.0538 e. The van der Waals surface area contributed by atoms with Crippen LogP contribution in [0.4, 0.5) is 5.69 Å². The molecule has 1 aromatic rings. The van der Waals surface area contributed by atoms with E-state index in [2.05, 4.69) is 26.2 Å². The predicted octanol–water partition coefficient (Wildman–Crippen LogP) is 1.99. The molecular formula is C9H14BrN3. The van der Waals surface area contributed by atoms with Gasteiger partial charge >= 0.3 is 0 Å². The number of nitrogens with zero attached hydrogens (tertiary/aromatic N) is 1. The lowest BCUT2D eigenvalue weighted by atomic mass is 10.1. The van der Waals surface area contributed by atoms with Gasteiger partial charge in [-0.15, -0.1) is 0 Å². The van der Waals surface area contributed by atoms with Crippen molar-refractivity contribution < 1.29 is 0 Å². The molecule has 0 amide bonds. The average Bonchev–Trinajstić information content (AvgIpc) is 2.00. The summed E-state index contributed by atoms with van der Waals surface area (Å²) in [5.41, 5.74) is 6.60. The van der Waals surface area contributed by atoms with Gasteiger partial charge in [-0.25, -0.2) is 0 Å². The predicted molar refractivity (Wildman–Crippen MR) is 58.7 cm³/mol. The SMILES string of the molecule is CC(C)(N)CNc1cncc(Br)c1. The van der Waals surface area contributed by atoms with Gasteiger partial charge in [-0.05, 0) is 35.8 Å². The Morgan fingerprint density at radius 2 is 2.23 bits per heavy atom. The van der Waals surface area contributed by atoms with Gasteiger partial charge in [-0.2, -0.15) is 0 Å². The molecule has 0 atom stereocenters. The van der Waals surface area contributed by atoms with Crippen LogP contribution in [0.3, 0.4) is 0 Å². The molecule has 0 aliphatic carbocycles. The average molecular weight is 244 g/mol. The maximum absolute atomic E-state index is 5.83. The third kappa shape index (κ3) is 4.24. The van der Waals surface area contributed by atoms with Gasteiger partial charge in [0.15, 0.2) is 0 Å². The first-order chi connectivity index (χ1) is 5.97. The van der Waals surface area contributed by atoms with Crippen molar-refractivity contribution in [2.75, 3.05) is 11.9 Å². The molecule has 0 aliphatic heterocycles. The van der Waals surface area contributed by atoms with Gasteiger partial charge in [-0.3, -0.25) is 4.98 Å². The maximum atomic E-state index is 5.83. The Kier molecular flexibility index (Phi) is 3.27. The molecule has 0 aromatic carbocycles. The fourth-order valence-electron chi connectivity index (χ4n) is 0.838. The van der Waals surface area contributed by atoms with E-state index in [0.717, 1.165) is 16.7 Å². The molecule has 1 rings (SSSR count). The van der Waals surface area contributed by atoms with E-state index >= 15 is 0 Å². The van der Waals surface area contributed by atoms with Gasteiger partial charge in [-0.1, -0.05) is 0 Å². The fraction of sp³-hybridized carbons (Fsp3) is 0.444. The van der Waals surface area contributed by atoms with Crippen molar-refractivity contribution in [3.8, 4) is 0 Å². The van der Waals surface area contributed by atoms with Crippen LogP contribution in [0.2, 0.25) is 0 Å². The molecular weight excluding hydrogens is 230 g/mol. The van der Waals surface area contributed by atoms with E-state index in [1.54, 1.807) is 12.4 Å². The Morgan fingerprint density at radius 3 is 2.77 bits per heavy atom. The summed E-state index contributed by atoms with van der Waals surface area (Å²) < 4.78 is 0.965. The normalized spacial score (nSPS) is 11.4. The van der Waals surface area contributed by atoms with Gasteiger partial charge in [0.1, 0.15) is 0 Å². The highest BCUT2D eigenvalue weighted by Crippen LogP contribution is 2.13. The molecule has 0 saturated carbocycles. The number of pyridine rings is 1. The summed E-state index contributed by atoms with van der Waals surface area (Å²) in [5, 5.41) is 3.21. The first-order valence-corrected chi connectivity index (χ1v) is 4.90. The largest absolute Gasteiger partial charge is 0.382 e. The molecule has 0 saturated heterocycles. The van der Waals surface area contributed by atoms with Crippen LogP contribution < -0.4 is 11.1 Å². The van der Waals surface area contributed by atoms with Crippen molar-refractivity contribution in [2.45, 2.75) is 19.4 Å². The number of hydrogen-bond acceptors (Lipinski definition) is 3. The quantitative estimate of drug-likeness (QED) is 0.854. The number of hydrogen-bond donors (Lipinski definition) is 2. The minimum absolute atomic E-state index is 0.206. The minimum Gasteiger partial charge on any atom is -0.382 e. The van der Waals surface area contributed by atoms with E-state index in [1.807, 2.05) is 19.9 Å². The lowest BCUT2D eigenvalue weighted by Crippen LogP contribution is -2.39. The van der Waals surface area contributed by atoms with Gasteiger partial charge in [0.2, 0.25) is 0 Å². The summed E-state index contributed by atoms with van der Waals surface area (Å²) >= 11 is 3.35. The van der Waals surface area contributed by atoms with Crippen LogP contribution in [0.1, 0.15) is 13.8 Å². The van der Waals surface area contributed by atoms with E-state index in [1.165, 1.54) is 0 Å². The highest BCUT2D eigenvalue weighted by Gasteiger charge is 2.09. The standard InChI is InChI=1S/C9H14BrN3/c1-9(2,11)6-13-8-3-7(10)4-12-5-8/h3-5,13H,6,11H2,1-2H3. The first-order valence-electron chi connectivity index (χ1n) is 4.11. The van der Waals surface area contributed by atoms with E-state index in [-0.39, 0.29) is 5.54 Å². The second-order valence-electron chi connectivity index (χ2n) is 3.73. The summed E-state index contributed by atoms with van der Waals surface area (Å²) in [6.07, 6.45) is 3.52. The van der Waals surface area contributed by atoms with Gasteiger partial charge in [0.25, 0.3) is 0 Å². The first kappa shape index (κ1) is 10.5. The molecule has 1 aromatic heterocycles. The molecule has 13 heavy (non-hydrogen) atoms. The van der Waals surface area contributed by atoms with Crippen molar-refractivity contribution in [1.29, 1.82) is 0 Å². The van der Waals surface area contributed by atoms with Crippen LogP contribution in [-0.2, 0) is 0 Å². The topological polar surface area (TPSA) is 50.9 Å². The monoisotopic (exact) mass is 243 g/mol.